The van der Waals surface area contributed by atoms with Crippen LogP contribution in [-0.4, -0.2) is 25.3 Å². The minimum Gasteiger partial charge on any atom is -0.496 e. The fourth-order valence-electron chi connectivity index (χ4n) is 2.50. The summed E-state index contributed by atoms with van der Waals surface area (Å²) >= 11 is 0. The predicted octanol–water partition coefficient (Wildman–Crippen LogP) is 4.04. The summed E-state index contributed by atoms with van der Waals surface area (Å²) in [6.07, 6.45) is 1.01. The van der Waals surface area contributed by atoms with Gasteiger partial charge in [0.25, 0.3) is 5.91 Å². The number of hydrogen-bond acceptors (Lipinski definition) is 4. The Bertz CT molecular complexity index is 770. The van der Waals surface area contributed by atoms with Crippen LogP contribution in [0.3, 0.4) is 0 Å². The van der Waals surface area contributed by atoms with Gasteiger partial charge in [-0.3, -0.25) is 4.79 Å². The molecule has 0 saturated heterocycles. The number of hydrogen-bond donors (Lipinski definition) is 1. The average molecular weight is 354 g/mol. The van der Waals surface area contributed by atoms with Gasteiger partial charge in [-0.1, -0.05) is 32.0 Å². The van der Waals surface area contributed by atoms with Gasteiger partial charge in [-0.25, -0.2) is 5.43 Å². The number of para-hydroxylation sites is 1. The van der Waals surface area contributed by atoms with E-state index in [9.17, 15) is 4.79 Å². The highest BCUT2D eigenvalue weighted by atomic mass is 16.5. The molecule has 0 aliphatic rings. The van der Waals surface area contributed by atoms with Gasteiger partial charge < -0.3 is 9.47 Å². The minimum atomic E-state index is -0.641. The Hall–Kier alpha value is -2.82. The van der Waals surface area contributed by atoms with Gasteiger partial charge >= 0.3 is 0 Å². The van der Waals surface area contributed by atoms with E-state index in [1.54, 1.807) is 32.4 Å². The van der Waals surface area contributed by atoms with E-state index in [-0.39, 0.29) is 5.91 Å². The Morgan fingerprint density at radius 2 is 1.85 bits per heavy atom. The summed E-state index contributed by atoms with van der Waals surface area (Å²) < 4.78 is 11.0. The molecule has 0 fully saturated rings. The van der Waals surface area contributed by atoms with Crippen LogP contribution in [0, 0.1) is 6.92 Å². The maximum Gasteiger partial charge on any atom is 0.280 e. The third-order valence-corrected chi connectivity index (χ3v) is 4.04. The minimum absolute atomic E-state index is 0.305. The fourth-order valence-corrected chi connectivity index (χ4v) is 2.50. The highest BCUT2D eigenvalue weighted by Gasteiger charge is 2.14. The Kier molecular flexibility index (Phi) is 6.78. The zero-order valence-corrected chi connectivity index (χ0v) is 15.9. The Morgan fingerprint density at radius 3 is 2.46 bits per heavy atom. The quantitative estimate of drug-likeness (QED) is 0.603. The maximum absolute atomic E-state index is 12.1. The van der Waals surface area contributed by atoms with Crippen LogP contribution in [0.15, 0.2) is 47.6 Å². The molecule has 0 heterocycles. The summed E-state index contributed by atoms with van der Waals surface area (Å²) in [6, 6.07) is 13.2. The van der Waals surface area contributed by atoms with Crippen molar-refractivity contribution in [3.8, 4) is 11.5 Å². The molecule has 0 aliphatic carbocycles. The molecule has 1 atom stereocenters. The lowest BCUT2D eigenvalue weighted by Crippen LogP contribution is -2.33. The monoisotopic (exact) mass is 354 g/mol. The van der Waals surface area contributed by atoms with Crippen molar-refractivity contribution in [3.05, 3.63) is 59.2 Å². The van der Waals surface area contributed by atoms with Gasteiger partial charge in [-0.15, -0.1) is 0 Å². The van der Waals surface area contributed by atoms with Crippen molar-refractivity contribution in [2.45, 2.75) is 39.7 Å². The number of hydrazone groups is 1. The van der Waals surface area contributed by atoms with Gasteiger partial charge in [0.2, 0.25) is 0 Å². The first-order valence-electron chi connectivity index (χ1n) is 8.65. The van der Waals surface area contributed by atoms with E-state index in [1.165, 1.54) is 0 Å². The van der Waals surface area contributed by atoms with Crippen LogP contribution >= 0.6 is 0 Å². The molecule has 0 aliphatic heterocycles. The first kappa shape index (κ1) is 19.5. The number of methoxy groups -OCH3 is 1. The lowest BCUT2D eigenvalue weighted by atomic mass is 9.97. The van der Waals surface area contributed by atoms with E-state index in [0.29, 0.717) is 11.7 Å². The highest BCUT2D eigenvalue weighted by molar-refractivity contribution is 5.85. The second-order valence-electron chi connectivity index (χ2n) is 6.41. The van der Waals surface area contributed by atoms with E-state index < -0.39 is 6.10 Å². The number of carbonyl (C=O) groups excluding carboxylic acids is 1. The molecule has 0 unspecified atom stereocenters. The molecule has 5 nitrogen and oxygen atoms in total. The molecular formula is C21H26N2O3. The normalized spacial score (nSPS) is 12.2. The number of amides is 1. The van der Waals surface area contributed by atoms with Crippen molar-refractivity contribution in [2.24, 2.45) is 5.10 Å². The van der Waals surface area contributed by atoms with E-state index in [4.69, 9.17) is 9.47 Å². The largest absolute Gasteiger partial charge is 0.496 e. The second-order valence-corrected chi connectivity index (χ2v) is 6.41. The van der Waals surface area contributed by atoms with Gasteiger partial charge in [-0.05, 0) is 60.7 Å². The Morgan fingerprint density at radius 1 is 1.15 bits per heavy atom. The first-order valence-corrected chi connectivity index (χ1v) is 8.65. The molecule has 2 aromatic carbocycles. The molecule has 26 heavy (non-hydrogen) atoms. The van der Waals surface area contributed by atoms with Gasteiger partial charge in [0.1, 0.15) is 11.5 Å². The van der Waals surface area contributed by atoms with E-state index in [2.05, 4.69) is 24.4 Å². The summed E-state index contributed by atoms with van der Waals surface area (Å²) in [6.45, 7) is 7.89. The molecule has 0 bridgehead atoms. The number of benzene rings is 2. The van der Waals surface area contributed by atoms with Gasteiger partial charge in [0, 0.05) is 0 Å². The summed E-state index contributed by atoms with van der Waals surface area (Å²) in [5, 5.41) is 4.08. The van der Waals surface area contributed by atoms with Crippen molar-refractivity contribution in [1.29, 1.82) is 0 Å². The molecule has 5 heteroatoms. The summed E-state index contributed by atoms with van der Waals surface area (Å²) in [5.41, 5.74) is 5.60. The van der Waals surface area contributed by atoms with Crippen molar-refractivity contribution < 1.29 is 14.3 Å². The van der Waals surface area contributed by atoms with Crippen LogP contribution in [0.2, 0.25) is 0 Å². The molecule has 2 rings (SSSR count). The number of rotatable bonds is 7. The number of nitrogens with zero attached hydrogens (tertiary/aromatic N) is 1. The van der Waals surface area contributed by atoms with Crippen molar-refractivity contribution in [3.63, 3.8) is 0 Å². The summed E-state index contributed by atoms with van der Waals surface area (Å²) in [4.78, 5) is 12.1. The topological polar surface area (TPSA) is 59.9 Å². The molecule has 1 N–H and O–H groups in total. The van der Waals surface area contributed by atoms with E-state index >= 15 is 0 Å². The van der Waals surface area contributed by atoms with E-state index in [0.717, 1.165) is 22.4 Å². The van der Waals surface area contributed by atoms with Gasteiger partial charge in [0.15, 0.2) is 6.10 Å². The molecule has 1 amide bonds. The highest BCUT2D eigenvalue weighted by Crippen LogP contribution is 2.29. The van der Waals surface area contributed by atoms with Crippen LogP contribution < -0.4 is 14.9 Å². The van der Waals surface area contributed by atoms with Crippen molar-refractivity contribution in [1.82, 2.24) is 5.43 Å². The summed E-state index contributed by atoms with van der Waals surface area (Å²) in [5.74, 6) is 1.53. The number of nitrogens with one attached hydrogen (secondary N) is 1. The molecular weight excluding hydrogens is 328 g/mol. The second kappa shape index (κ2) is 9.04. The number of carbonyl (C=O) groups is 1. The molecule has 0 radical (unpaired) electrons. The predicted molar refractivity (Wildman–Crippen MR) is 104 cm³/mol. The molecule has 2 aromatic rings. The number of aryl methyl sites for hydroxylation is 1. The lowest BCUT2D eigenvalue weighted by molar-refractivity contribution is -0.127. The Labute approximate surface area is 155 Å². The zero-order chi connectivity index (χ0) is 19.1. The number of ether oxygens (including phenoxy) is 2. The van der Waals surface area contributed by atoms with Crippen LogP contribution in [0.25, 0.3) is 0 Å². The maximum atomic E-state index is 12.1. The molecule has 0 aromatic heterocycles. The van der Waals surface area contributed by atoms with E-state index in [1.807, 2.05) is 37.3 Å². The summed E-state index contributed by atoms with van der Waals surface area (Å²) in [7, 11) is 1.67. The first-order chi connectivity index (χ1) is 12.4. The third kappa shape index (κ3) is 5.09. The van der Waals surface area contributed by atoms with Crippen LogP contribution in [-0.2, 0) is 4.79 Å². The standard InChI is InChI=1S/C21H26N2O3/c1-14(2)19-12-17(15(3)11-20(19)25-5)13-22-23-21(24)16(4)26-18-9-7-6-8-10-18/h6-14,16H,1-5H3,(H,23,24)/t16-/m0/s1. The molecule has 0 saturated carbocycles. The van der Waals surface area contributed by atoms with Gasteiger partial charge in [0.05, 0.1) is 13.3 Å². The average Bonchev–Trinajstić information content (AvgIpc) is 2.63. The zero-order valence-electron chi connectivity index (χ0n) is 15.9. The molecule has 0 spiro atoms. The van der Waals surface area contributed by atoms with Crippen molar-refractivity contribution in [2.75, 3.05) is 7.11 Å². The fraction of sp³-hybridized carbons (Fsp3) is 0.333. The molecule has 138 valence electrons. The van der Waals surface area contributed by atoms with Crippen LogP contribution in [0.1, 0.15) is 43.4 Å². The van der Waals surface area contributed by atoms with Crippen LogP contribution in [0.5, 0.6) is 11.5 Å². The van der Waals surface area contributed by atoms with Gasteiger partial charge in [-0.2, -0.15) is 5.10 Å². The third-order valence-electron chi connectivity index (χ3n) is 4.04. The lowest BCUT2D eigenvalue weighted by Gasteiger charge is -2.14. The smallest absolute Gasteiger partial charge is 0.280 e. The van der Waals surface area contributed by atoms with Crippen molar-refractivity contribution >= 4 is 12.1 Å². The Balaban J connectivity index is 2.03. The van der Waals surface area contributed by atoms with Crippen LogP contribution in [0.4, 0.5) is 0 Å². The SMILES string of the molecule is COc1cc(C)c(C=NNC(=O)[C@H](C)Oc2ccccc2)cc1C(C)C.